The first kappa shape index (κ1) is 27.4. The van der Waals surface area contributed by atoms with E-state index in [0.717, 1.165) is 39.9 Å². The Morgan fingerprint density at radius 3 is 2.24 bits per heavy atom. The van der Waals surface area contributed by atoms with Crippen molar-refractivity contribution in [3.8, 4) is 22.8 Å². The molecule has 3 aromatic heterocycles. The van der Waals surface area contributed by atoms with Gasteiger partial charge in [0.25, 0.3) is 5.82 Å². The normalized spacial score (nSPS) is 13.1. The SMILES string of the molecule is O=S(=O)([O-])C(F)(F)F.c1ccc(-c2cc3ccccc3c3c(Nc4ccc5c(c4)OCCO5)[n+]4ccccc4n23)cc1. The third-order valence-corrected chi connectivity index (χ3v) is 7.23. The molecule has 0 aliphatic carbocycles. The molecule has 1 N–H and O–H groups in total. The Balaban J connectivity index is 0.000000350. The lowest BCUT2D eigenvalue weighted by Crippen LogP contribution is -2.22. The maximum atomic E-state index is 10.7. The van der Waals surface area contributed by atoms with Crippen molar-refractivity contribution >= 4 is 43.6 Å². The van der Waals surface area contributed by atoms with Crippen LogP contribution < -0.4 is 19.2 Å². The number of hydrogen-bond donors (Lipinski definition) is 1. The van der Waals surface area contributed by atoms with Gasteiger partial charge in [0.15, 0.2) is 27.1 Å². The number of ether oxygens (including phenoxy) is 2. The van der Waals surface area contributed by atoms with Crippen molar-refractivity contribution in [3.63, 3.8) is 0 Å². The monoisotopic (exact) mass is 593 g/mol. The molecule has 1 aliphatic rings. The van der Waals surface area contributed by atoms with Crippen LogP contribution in [0.5, 0.6) is 11.5 Å². The highest BCUT2D eigenvalue weighted by Gasteiger charge is 2.37. The molecule has 0 spiro atoms. The number of imidazole rings is 1. The van der Waals surface area contributed by atoms with Crippen molar-refractivity contribution in [1.82, 2.24) is 4.40 Å². The van der Waals surface area contributed by atoms with Gasteiger partial charge in [0.2, 0.25) is 5.65 Å². The van der Waals surface area contributed by atoms with Gasteiger partial charge in [-0.3, -0.25) is 5.32 Å². The van der Waals surface area contributed by atoms with Gasteiger partial charge in [-0.25, -0.2) is 17.2 Å². The topological polar surface area (TPSA) is 96.2 Å². The Morgan fingerprint density at radius 2 is 1.50 bits per heavy atom. The van der Waals surface area contributed by atoms with Crippen molar-refractivity contribution in [2.45, 2.75) is 5.51 Å². The average molecular weight is 594 g/mol. The highest BCUT2D eigenvalue weighted by Crippen LogP contribution is 2.37. The molecule has 3 aromatic carbocycles. The number of halogens is 3. The zero-order valence-corrected chi connectivity index (χ0v) is 22.5. The summed E-state index contributed by atoms with van der Waals surface area (Å²) in [4.78, 5) is 0. The fourth-order valence-corrected chi connectivity index (χ4v) is 4.88. The number of benzene rings is 3. The van der Waals surface area contributed by atoms with Crippen LogP contribution in [-0.2, 0) is 10.1 Å². The number of nitrogens with zero attached hydrogens (tertiary/aromatic N) is 2. The number of hydrogen-bond acceptors (Lipinski definition) is 6. The van der Waals surface area contributed by atoms with E-state index in [1.54, 1.807) is 0 Å². The van der Waals surface area contributed by atoms with Crippen molar-refractivity contribution in [2.24, 2.45) is 0 Å². The fourth-order valence-electron chi connectivity index (χ4n) is 4.88. The van der Waals surface area contributed by atoms with Crippen LogP contribution >= 0.6 is 0 Å². The molecule has 0 saturated heterocycles. The molecule has 42 heavy (non-hydrogen) atoms. The molecule has 0 radical (unpaired) electrons. The summed E-state index contributed by atoms with van der Waals surface area (Å²) in [7, 11) is -6.09. The first-order chi connectivity index (χ1) is 20.1. The quantitative estimate of drug-likeness (QED) is 0.152. The number of aromatic nitrogens is 2. The van der Waals surface area contributed by atoms with E-state index >= 15 is 0 Å². The minimum absolute atomic E-state index is 0.564. The molecule has 12 heteroatoms. The van der Waals surface area contributed by atoms with Gasteiger partial charge in [0.05, 0.1) is 6.20 Å². The van der Waals surface area contributed by atoms with Crippen molar-refractivity contribution in [3.05, 3.63) is 103 Å². The zero-order chi connectivity index (χ0) is 29.5. The summed E-state index contributed by atoms with van der Waals surface area (Å²) in [6, 6.07) is 33.7. The van der Waals surface area contributed by atoms with Gasteiger partial charge < -0.3 is 14.0 Å². The largest absolute Gasteiger partial charge is 0.741 e. The Labute approximate surface area is 237 Å². The van der Waals surface area contributed by atoms with E-state index in [1.807, 2.05) is 18.2 Å². The highest BCUT2D eigenvalue weighted by molar-refractivity contribution is 7.86. The summed E-state index contributed by atoms with van der Waals surface area (Å²) in [6.45, 7) is 1.15. The summed E-state index contributed by atoms with van der Waals surface area (Å²) in [5, 5.41) is 6.08. The summed E-state index contributed by atoms with van der Waals surface area (Å²) in [5.41, 5.74) is -0.171. The lowest BCUT2D eigenvalue weighted by molar-refractivity contribution is -0.493. The second kappa shape index (κ2) is 10.5. The molecule has 7 rings (SSSR count). The van der Waals surface area contributed by atoms with Crippen molar-refractivity contribution in [2.75, 3.05) is 18.5 Å². The molecule has 0 fully saturated rings. The van der Waals surface area contributed by atoms with Crippen LogP contribution in [0, 0.1) is 0 Å². The number of nitrogens with one attached hydrogen (secondary N) is 1. The molecule has 214 valence electrons. The Bertz CT molecular complexity index is 2050. The second-order valence-corrected chi connectivity index (χ2v) is 10.7. The third kappa shape index (κ3) is 5.06. The second-order valence-electron chi connectivity index (χ2n) is 9.33. The number of alkyl halides is 3. The Morgan fingerprint density at radius 1 is 0.833 bits per heavy atom. The first-order valence-corrected chi connectivity index (χ1v) is 14.1. The van der Waals surface area contributed by atoms with E-state index in [0.29, 0.717) is 13.2 Å². The van der Waals surface area contributed by atoms with Crippen LogP contribution in [0.4, 0.5) is 24.7 Å². The minimum Gasteiger partial charge on any atom is -0.741 e. The molecule has 0 unspecified atom stereocenters. The van der Waals surface area contributed by atoms with Gasteiger partial charge in [-0.2, -0.15) is 13.2 Å². The van der Waals surface area contributed by atoms with Gasteiger partial charge in [-0.1, -0.05) is 60.7 Å². The fraction of sp³-hybridized carbons (Fsp3) is 0.100. The number of anilines is 2. The maximum absolute atomic E-state index is 10.7. The first-order valence-electron chi connectivity index (χ1n) is 12.7. The predicted octanol–water partition coefficient (Wildman–Crippen LogP) is 6.06. The number of rotatable bonds is 3. The van der Waals surface area contributed by atoms with Crippen LogP contribution in [0.3, 0.4) is 0 Å². The van der Waals surface area contributed by atoms with Crippen molar-refractivity contribution in [1.29, 1.82) is 0 Å². The smallest absolute Gasteiger partial charge is 0.485 e. The average Bonchev–Trinajstić information content (AvgIpc) is 3.31. The summed E-state index contributed by atoms with van der Waals surface area (Å²) in [6.07, 6.45) is 2.10. The lowest BCUT2D eigenvalue weighted by atomic mass is 10.1. The summed E-state index contributed by atoms with van der Waals surface area (Å²) in [5.74, 6) is 2.55. The molecule has 4 heterocycles. The molecule has 6 aromatic rings. The predicted molar refractivity (Wildman–Crippen MR) is 150 cm³/mol. The standard InChI is InChI=1S/C29H22N3O2.CHF3O3S/c1-2-8-20(9-3-1)24-18-21-10-4-5-11-23(21)28-29(31-15-7-6-12-27(31)32(24)28)30-22-13-14-25-26(19-22)34-17-16-33-25;2-1(3,4)8(5,6)7/h1-15,18-19,30H,16-17H2;(H,5,6,7)/q+1;/p-1. The number of pyridine rings is 2. The third-order valence-electron chi connectivity index (χ3n) is 6.66. The molecule has 0 bridgehead atoms. The van der Waals surface area contributed by atoms with Gasteiger partial charge >= 0.3 is 5.51 Å². The van der Waals surface area contributed by atoms with E-state index in [-0.39, 0.29) is 0 Å². The highest BCUT2D eigenvalue weighted by atomic mass is 32.2. The molecule has 1 aliphatic heterocycles. The lowest BCUT2D eigenvalue weighted by Gasteiger charge is -2.18. The molecule has 0 amide bonds. The van der Waals surface area contributed by atoms with E-state index in [4.69, 9.17) is 22.4 Å². The minimum atomic E-state index is -6.09. The van der Waals surface area contributed by atoms with E-state index in [9.17, 15) is 13.2 Å². The summed E-state index contributed by atoms with van der Waals surface area (Å²) < 4.78 is 75.0. The van der Waals surface area contributed by atoms with Gasteiger partial charge in [0, 0.05) is 23.1 Å². The van der Waals surface area contributed by atoms with Crippen molar-refractivity contribution < 1.29 is 40.0 Å². The van der Waals surface area contributed by atoms with Crippen LogP contribution in [0.2, 0.25) is 0 Å². The Hall–Kier alpha value is -4.81. The van der Waals surface area contributed by atoms with E-state index in [2.05, 4.69) is 99.2 Å². The van der Waals surface area contributed by atoms with Gasteiger partial charge in [-0.05, 0) is 29.7 Å². The molecule has 0 saturated carbocycles. The van der Waals surface area contributed by atoms with Gasteiger partial charge in [0.1, 0.15) is 24.6 Å². The zero-order valence-electron chi connectivity index (χ0n) is 21.7. The summed E-state index contributed by atoms with van der Waals surface area (Å²) >= 11 is 0. The van der Waals surface area contributed by atoms with E-state index in [1.165, 1.54) is 16.3 Å². The van der Waals surface area contributed by atoms with Crippen LogP contribution in [0.15, 0.2) is 103 Å². The Kier molecular flexibility index (Phi) is 6.87. The molecule has 0 atom stereocenters. The van der Waals surface area contributed by atoms with Crippen LogP contribution in [-0.4, -0.2) is 36.1 Å². The van der Waals surface area contributed by atoms with E-state index < -0.39 is 15.6 Å². The number of fused-ring (bicyclic) bond motifs is 6. The van der Waals surface area contributed by atoms with Crippen LogP contribution in [0.25, 0.3) is 33.2 Å². The molecular formula is C30H22F3N3O5S. The van der Waals surface area contributed by atoms with Gasteiger partial charge in [-0.15, -0.1) is 0 Å². The molecule has 8 nitrogen and oxygen atoms in total. The maximum Gasteiger partial charge on any atom is 0.485 e. The van der Waals surface area contributed by atoms with Crippen LogP contribution in [0.1, 0.15) is 0 Å². The molecular weight excluding hydrogens is 571 g/mol.